The van der Waals surface area contributed by atoms with Crippen molar-refractivity contribution in [3.63, 3.8) is 0 Å². The van der Waals surface area contributed by atoms with Gasteiger partial charge in [0.25, 0.3) is 0 Å². The molecule has 0 aromatic carbocycles. The molecule has 56 valence electrons. The lowest BCUT2D eigenvalue weighted by atomic mass is 10.1. The molecule has 0 unspecified atom stereocenters. The molecule has 1 aliphatic rings. The molecule has 1 nitrogen and oxygen atoms in total. The number of ketones is 1. The summed E-state index contributed by atoms with van der Waals surface area (Å²) in [4.78, 5) is 11.1. The fourth-order valence-corrected chi connectivity index (χ4v) is 1.42. The molecular weight excluding hydrogens is 148 g/mol. The third-order valence-electron chi connectivity index (χ3n) is 1.84. The van der Waals surface area contributed by atoms with Gasteiger partial charge in [0.15, 0.2) is 5.78 Å². The van der Waals surface area contributed by atoms with Crippen LogP contribution in [-0.4, -0.2) is 5.78 Å². The van der Waals surface area contributed by atoms with E-state index in [1.807, 2.05) is 0 Å². The van der Waals surface area contributed by atoms with Crippen LogP contribution in [0.15, 0.2) is 11.1 Å². The van der Waals surface area contributed by atoms with E-state index in [1.54, 1.807) is 0 Å². The molecule has 1 aliphatic carbocycles. The molecule has 0 heterocycles. The molecule has 0 aromatic heterocycles. The van der Waals surface area contributed by atoms with Crippen LogP contribution in [0.5, 0.6) is 0 Å². The van der Waals surface area contributed by atoms with E-state index < -0.39 is 0 Å². The summed E-state index contributed by atoms with van der Waals surface area (Å²) in [6.45, 7) is 0. The zero-order valence-electron chi connectivity index (χ0n) is 5.90. The zero-order chi connectivity index (χ0) is 7.40. The Morgan fingerprint density at radius 2 is 1.90 bits per heavy atom. The van der Waals surface area contributed by atoms with Gasteiger partial charge in [-0.3, -0.25) is 4.79 Å². The van der Waals surface area contributed by atoms with E-state index in [-0.39, 0.29) is 5.78 Å². The van der Waals surface area contributed by atoms with Crippen LogP contribution in [0, 0.1) is 0 Å². The first-order chi connectivity index (χ1) is 4.84. The van der Waals surface area contributed by atoms with E-state index in [0.29, 0.717) is 6.42 Å². The first-order valence-electron chi connectivity index (χ1n) is 3.67. The van der Waals surface area contributed by atoms with E-state index >= 15 is 0 Å². The van der Waals surface area contributed by atoms with Crippen molar-refractivity contribution in [2.24, 2.45) is 0 Å². The summed E-state index contributed by atoms with van der Waals surface area (Å²) in [6.07, 6.45) is 4.89. The molecule has 0 bridgehead atoms. The highest BCUT2D eigenvalue weighted by molar-refractivity contribution is 6.27. The molecular formula is C8H11ClO. The van der Waals surface area contributed by atoms with Crippen molar-refractivity contribution < 1.29 is 4.79 Å². The Kier molecular flexibility index (Phi) is 2.94. The molecule has 1 saturated carbocycles. The Balaban J connectivity index is 2.61. The summed E-state index contributed by atoms with van der Waals surface area (Å²) in [5.41, 5.74) is 2.26. The monoisotopic (exact) mass is 158 g/mol. The van der Waals surface area contributed by atoms with Gasteiger partial charge in [-0.25, -0.2) is 0 Å². The van der Waals surface area contributed by atoms with Crippen LogP contribution in [0.1, 0.15) is 32.1 Å². The lowest BCUT2D eigenvalue weighted by Crippen LogP contribution is -1.97. The topological polar surface area (TPSA) is 17.1 Å². The molecule has 0 spiro atoms. The van der Waals surface area contributed by atoms with Crippen LogP contribution in [0.4, 0.5) is 0 Å². The molecule has 10 heavy (non-hydrogen) atoms. The second-order valence-electron chi connectivity index (χ2n) is 2.62. The highest BCUT2D eigenvalue weighted by atomic mass is 35.5. The van der Waals surface area contributed by atoms with Crippen LogP contribution in [0.3, 0.4) is 0 Å². The predicted octanol–water partition coefficient (Wildman–Crippen LogP) is 2.64. The summed E-state index contributed by atoms with van der Waals surface area (Å²) < 4.78 is 0. The van der Waals surface area contributed by atoms with Crippen molar-refractivity contribution in [3.8, 4) is 0 Å². The Labute approximate surface area is 66.1 Å². The van der Waals surface area contributed by atoms with Crippen molar-refractivity contribution in [3.05, 3.63) is 11.1 Å². The Bertz CT molecular complexity index is 161. The van der Waals surface area contributed by atoms with Gasteiger partial charge in [0.1, 0.15) is 0 Å². The van der Waals surface area contributed by atoms with E-state index in [2.05, 4.69) is 0 Å². The van der Waals surface area contributed by atoms with Crippen LogP contribution in [0.25, 0.3) is 0 Å². The van der Waals surface area contributed by atoms with Crippen LogP contribution in [-0.2, 0) is 4.79 Å². The van der Waals surface area contributed by atoms with Crippen molar-refractivity contribution in [1.29, 1.82) is 0 Å². The zero-order valence-corrected chi connectivity index (χ0v) is 6.66. The van der Waals surface area contributed by atoms with Crippen molar-refractivity contribution >= 4 is 17.4 Å². The first-order valence-corrected chi connectivity index (χ1v) is 4.10. The maximum atomic E-state index is 11.1. The second kappa shape index (κ2) is 3.77. The molecule has 0 saturated heterocycles. The van der Waals surface area contributed by atoms with E-state index in [0.717, 1.165) is 24.8 Å². The summed E-state index contributed by atoms with van der Waals surface area (Å²) in [5, 5.41) is 0. The number of halogens is 1. The van der Waals surface area contributed by atoms with Gasteiger partial charge in [-0.1, -0.05) is 18.0 Å². The molecule has 2 heteroatoms. The number of allylic oxidation sites excluding steroid dienone is 1. The normalized spacial score (nSPS) is 24.9. The summed E-state index contributed by atoms with van der Waals surface area (Å²) in [7, 11) is 0. The molecule has 0 aliphatic heterocycles. The fraction of sp³-hybridized carbons (Fsp3) is 0.625. The summed E-state index contributed by atoms with van der Waals surface area (Å²) in [5.74, 6) is 0.243. The quantitative estimate of drug-likeness (QED) is 0.391. The second-order valence-corrected chi connectivity index (χ2v) is 2.84. The molecule has 0 N–H and O–H groups in total. The lowest BCUT2D eigenvalue weighted by molar-refractivity contribution is -0.115. The number of carbonyl (C=O) groups is 1. The molecule has 0 aromatic rings. The third kappa shape index (κ3) is 1.84. The number of Topliss-reactive ketones (excluding diaryl/α,β-unsaturated/α-hetero) is 1. The Hall–Kier alpha value is -0.300. The minimum Gasteiger partial charge on any atom is -0.295 e. The molecule has 1 rings (SSSR count). The summed E-state index contributed by atoms with van der Waals surface area (Å²) >= 11 is 5.46. The van der Waals surface area contributed by atoms with Gasteiger partial charge in [0.05, 0.1) is 0 Å². The number of hydrogen-bond acceptors (Lipinski definition) is 1. The number of rotatable bonds is 0. The SMILES string of the molecule is O=C1CCCCC/C1=C\Cl. The highest BCUT2D eigenvalue weighted by Crippen LogP contribution is 2.19. The van der Waals surface area contributed by atoms with Gasteiger partial charge in [-0.05, 0) is 19.3 Å². The molecule has 0 atom stereocenters. The first kappa shape index (κ1) is 7.80. The average molecular weight is 159 g/mol. The minimum absolute atomic E-state index is 0.243. The molecule has 0 radical (unpaired) electrons. The van der Waals surface area contributed by atoms with Crippen LogP contribution in [0.2, 0.25) is 0 Å². The van der Waals surface area contributed by atoms with Crippen molar-refractivity contribution in [1.82, 2.24) is 0 Å². The lowest BCUT2D eigenvalue weighted by Gasteiger charge is -1.95. The largest absolute Gasteiger partial charge is 0.295 e. The standard InChI is InChI=1S/C8H11ClO/c9-6-7-4-2-1-3-5-8(7)10/h6H,1-5H2/b7-6+. The Morgan fingerprint density at radius 3 is 2.60 bits per heavy atom. The van der Waals surface area contributed by atoms with Gasteiger partial charge in [-0.15, -0.1) is 0 Å². The predicted molar refractivity (Wildman–Crippen MR) is 42.0 cm³/mol. The number of hydrogen-bond donors (Lipinski definition) is 0. The van der Waals surface area contributed by atoms with Gasteiger partial charge < -0.3 is 0 Å². The van der Waals surface area contributed by atoms with Gasteiger partial charge in [0, 0.05) is 17.5 Å². The van der Waals surface area contributed by atoms with Crippen LogP contribution < -0.4 is 0 Å². The third-order valence-corrected chi connectivity index (χ3v) is 2.10. The van der Waals surface area contributed by atoms with E-state index in [4.69, 9.17) is 11.6 Å². The summed E-state index contributed by atoms with van der Waals surface area (Å²) in [6, 6.07) is 0. The molecule has 0 amide bonds. The van der Waals surface area contributed by atoms with E-state index in [1.165, 1.54) is 12.0 Å². The molecule has 1 fully saturated rings. The minimum atomic E-state index is 0.243. The Morgan fingerprint density at radius 1 is 1.20 bits per heavy atom. The average Bonchev–Trinajstić information content (AvgIpc) is 2.13. The van der Waals surface area contributed by atoms with E-state index in [9.17, 15) is 4.79 Å². The fourth-order valence-electron chi connectivity index (χ4n) is 1.19. The van der Waals surface area contributed by atoms with Gasteiger partial charge in [0.2, 0.25) is 0 Å². The number of carbonyl (C=O) groups excluding carboxylic acids is 1. The van der Waals surface area contributed by atoms with Crippen molar-refractivity contribution in [2.45, 2.75) is 32.1 Å². The maximum absolute atomic E-state index is 11.1. The van der Waals surface area contributed by atoms with Crippen LogP contribution >= 0.6 is 11.6 Å². The van der Waals surface area contributed by atoms with Gasteiger partial charge in [-0.2, -0.15) is 0 Å². The van der Waals surface area contributed by atoms with Crippen molar-refractivity contribution in [2.75, 3.05) is 0 Å². The highest BCUT2D eigenvalue weighted by Gasteiger charge is 2.11. The smallest absolute Gasteiger partial charge is 0.159 e. The maximum Gasteiger partial charge on any atom is 0.159 e. The van der Waals surface area contributed by atoms with Gasteiger partial charge >= 0.3 is 0 Å².